The number of nitriles is 1. The quantitative estimate of drug-likeness (QED) is 0.172. The van der Waals surface area contributed by atoms with Crippen LogP contribution in [-0.2, 0) is 11.2 Å². The number of imide groups is 1. The molecule has 9 nitrogen and oxygen atoms in total. The number of nitrogens with zero attached hydrogens (tertiary/aromatic N) is 3. The number of carbonyl (C=O) groups is 3. The lowest BCUT2D eigenvalue weighted by Crippen LogP contribution is -2.31. The lowest BCUT2D eigenvalue weighted by Gasteiger charge is -2.13. The van der Waals surface area contributed by atoms with E-state index in [9.17, 15) is 24.8 Å². The second-order valence-electron chi connectivity index (χ2n) is 8.37. The SMILES string of the molecule is N#C/C(=C(\O)COC(=O)c1ccc2c(c1)C(=O)N(CCc1ccccc1)C2=O)c1nc2ccccc2[nH]1. The third kappa shape index (κ3) is 4.56. The first-order chi connectivity index (χ1) is 18.0. The van der Waals surface area contributed by atoms with Crippen molar-refractivity contribution in [3.05, 3.63) is 107 Å². The summed E-state index contributed by atoms with van der Waals surface area (Å²) in [6.07, 6.45) is 0.513. The summed E-state index contributed by atoms with van der Waals surface area (Å²) in [7, 11) is 0. The van der Waals surface area contributed by atoms with Gasteiger partial charge in [0.05, 0.1) is 27.7 Å². The van der Waals surface area contributed by atoms with E-state index in [-0.39, 0.29) is 34.6 Å². The number of benzene rings is 3. The summed E-state index contributed by atoms with van der Waals surface area (Å²) in [6, 6.07) is 22.6. The van der Waals surface area contributed by atoms with Crippen molar-refractivity contribution < 1.29 is 24.2 Å². The number of ether oxygens (including phenoxy) is 1. The summed E-state index contributed by atoms with van der Waals surface area (Å²) in [4.78, 5) is 46.7. The van der Waals surface area contributed by atoms with Crippen LogP contribution in [0.2, 0.25) is 0 Å². The molecule has 2 heterocycles. The van der Waals surface area contributed by atoms with Crippen LogP contribution >= 0.6 is 0 Å². The number of allylic oxidation sites excluding steroid dienone is 1. The van der Waals surface area contributed by atoms with Gasteiger partial charge in [-0.25, -0.2) is 9.78 Å². The van der Waals surface area contributed by atoms with Gasteiger partial charge in [0.15, 0.2) is 11.6 Å². The lowest BCUT2D eigenvalue weighted by molar-refractivity contribution is 0.0502. The number of rotatable bonds is 7. The molecule has 0 radical (unpaired) electrons. The molecule has 0 spiro atoms. The fourth-order valence-electron chi connectivity index (χ4n) is 4.12. The van der Waals surface area contributed by atoms with Gasteiger partial charge in [0, 0.05) is 6.54 Å². The summed E-state index contributed by atoms with van der Waals surface area (Å²) in [5, 5.41) is 19.9. The number of hydrogen-bond acceptors (Lipinski definition) is 7. The van der Waals surface area contributed by atoms with Gasteiger partial charge in [0.2, 0.25) is 0 Å². The molecule has 0 aliphatic carbocycles. The molecule has 0 unspecified atom stereocenters. The van der Waals surface area contributed by atoms with E-state index in [2.05, 4.69) is 9.97 Å². The average Bonchev–Trinajstić information content (AvgIpc) is 3.45. The zero-order valence-corrected chi connectivity index (χ0v) is 19.5. The third-order valence-electron chi connectivity index (χ3n) is 6.04. The van der Waals surface area contributed by atoms with E-state index in [4.69, 9.17) is 4.74 Å². The zero-order valence-electron chi connectivity index (χ0n) is 19.5. The molecule has 37 heavy (non-hydrogen) atoms. The normalized spacial score (nSPS) is 13.3. The Morgan fingerprint density at radius 3 is 2.49 bits per heavy atom. The summed E-state index contributed by atoms with van der Waals surface area (Å²) in [6.45, 7) is -0.362. The van der Waals surface area contributed by atoms with E-state index in [0.717, 1.165) is 10.5 Å². The largest absolute Gasteiger partial charge is 0.507 e. The maximum absolute atomic E-state index is 12.9. The predicted octanol–water partition coefficient (Wildman–Crippen LogP) is 4.05. The van der Waals surface area contributed by atoms with Crippen LogP contribution in [0.3, 0.4) is 0 Å². The van der Waals surface area contributed by atoms with Crippen molar-refractivity contribution in [3.63, 3.8) is 0 Å². The number of imidazole rings is 1. The van der Waals surface area contributed by atoms with Crippen LogP contribution < -0.4 is 0 Å². The van der Waals surface area contributed by atoms with Gasteiger partial charge in [0.25, 0.3) is 11.8 Å². The summed E-state index contributed by atoms with van der Waals surface area (Å²) >= 11 is 0. The second-order valence-corrected chi connectivity index (χ2v) is 8.37. The van der Waals surface area contributed by atoms with Gasteiger partial charge >= 0.3 is 5.97 Å². The van der Waals surface area contributed by atoms with Gasteiger partial charge in [-0.2, -0.15) is 5.26 Å². The van der Waals surface area contributed by atoms with Gasteiger partial charge in [-0.15, -0.1) is 0 Å². The number of hydrogen-bond donors (Lipinski definition) is 2. The summed E-state index contributed by atoms with van der Waals surface area (Å²) < 4.78 is 5.17. The predicted molar refractivity (Wildman–Crippen MR) is 133 cm³/mol. The number of nitrogens with one attached hydrogen (secondary N) is 1. The van der Waals surface area contributed by atoms with Crippen LogP contribution in [0.25, 0.3) is 16.6 Å². The van der Waals surface area contributed by atoms with E-state index in [1.54, 1.807) is 24.3 Å². The average molecular weight is 492 g/mol. The Bertz CT molecular complexity index is 1580. The van der Waals surface area contributed by atoms with Crippen LogP contribution in [0.4, 0.5) is 0 Å². The zero-order chi connectivity index (χ0) is 25.9. The van der Waals surface area contributed by atoms with Crippen molar-refractivity contribution in [2.75, 3.05) is 13.2 Å². The van der Waals surface area contributed by atoms with Gasteiger partial charge in [-0.1, -0.05) is 42.5 Å². The van der Waals surface area contributed by atoms with Gasteiger partial charge in [-0.05, 0) is 42.3 Å². The molecule has 0 bridgehead atoms. The molecule has 4 aromatic rings. The van der Waals surface area contributed by atoms with Gasteiger partial charge < -0.3 is 14.8 Å². The molecule has 1 aliphatic rings. The number of carbonyl (C=O) groups excluding carboxylic acids is 3. The van der Waals surface area contributed by atoms with Crippen LogP contribution in [0.15, 0.2) is 78.6 Å². The molecule has 2 amide bonds. The molecule has 9 heteroatoms. The molecule has 3 aromatic carbocycles. The Balaban J connectivity index is 1.28. The number of aromatic amines is 1. The van der Waals surface area contributed by atoms with Crippen LogP contribution in [0.1, 0.15) is 42.5 Å². The Morgan fingerprint density at radius 2 is 1.73 bits per heavy atom. The molecular weight excluding hydrogens is 472 g/mol. The highest BCUT2D eigenvalue weighted by molar-refractivity contribution is 6.22. The maximum Gasteiger partial charge on any atom is 0.338 e. The maximum atomic E-state index is 12.9. The molecule has 1 aliphatic heterocycles. The number of esters is 1. The van der Waals surface area contributed by atoms with Gasteiger partial charge in [0.1, 0.15) is 18.2 Å². The summed E-state index contributed by atoms with van der Waals surface area (Å²) in [5.74, 6) is -2.05. The fraction of sp³-hybridized carbons (Fsp3) is 0.107. The number of H-pyrrole nitrogens is 1. The molecule has 0 saturated heterocycles. The van der Waals surface area contributed by atoms with E-state index >= 15 is 0 Å². The smallest absolute Gasteiger partial charge is 0.338 e. The van der Waals surface area contributed by atoms with Crippen molar-refractivity contribution in [1.29, 1.82) is 5.26 Å². The van der Waals surface area contributed by atoms with Crippen molar-refractivity contribution in [2.24, 2.45) is 0 Å². The molecule has 5 rings (SSSR count). The Morgan fingerprint density at radius 1 is 1.00 bits per heavy atom. The van der Waals surface area contributed by atoms with Crippen LogP contribution in [-0.4, -0.2) is 50.9 Å². The Labute approximate surface area is 211 Å². The number of amides is 2. The molecule has 2 N–H and O–H groups in total. The van der Waals surface area contributed by atoms with Crippen LogP contribution in [0.5, 0.6) is 0 Å². The van der Waals surface area contributed by atoms with E-state index in [0.29, 0.717) is 17.5 Å². The number of aliphatic hydroxyl groups excluding tert-OH is 1. The Kier molecular flexibility index (Phi) is 6.22. The minimum atomic E-state index is -0.820. The first-order valence-corrected chi connectivity index (χ1v) is 11.4. The minimum Gasteiger partial charge on any atom is -0.507 e. The first-order valence-electron chi connectivity index (χ1n) is 11.4. The topological polar surface area (TPSA) is 136 Å². The van der Waals surface area contributed by atoms with Crippen LogP contribution in [0, 0.1) is 11.3 Å². The molecule has 182 valence electrons. The highest BCUT2D eigenvalue weighted by Gasteiger charge is 2.35. The molecular formula is C28H20N4O5. The van der Waals surface area contributed by atoms with Crippen molar-refractivity contribution in [3.8, 4) is 6.07 Å². The Hall–Kier alpha value is -5.23. The molecule has 0 fully saturated rings. The number of aliphatic hydroxyl groups is 1. The number of fused-ring (bicyclic) bond motifs is 2. The third-order valence-corrected chi connectivity index (χ3v) is 6.04. The van der Waals surface area contributed by atoms with E-state index in [1.165, 1.54) is 18.2 Å². The first kappa shape index (κ1) is 23.5. The minimum absolute atomic E-state index is 0.0415. The monoisotopic (exact) mass is 492 g/mol. The molecule has 0 saturated carbocycles. The fourth-order valence-corrected chi connectivity index (χ4v) is 4.12. The molecule has 1 aromatic heterocycles. The highest BCUT2D eigenvalue weighted by atomic mass is 16.5. The van der Waals surface area contributed by atoms with E-state index in [1.807, 2.05) is 36.4 Å². The number of para-hydroxylation sites is 2. The van der Waals surface area contributed by atoms with E-state index < -0.39 is 30.1 Å². The summed E-state index contributed by atoms with van der Waals surface area (Å²) in [5.41, 5.74) is 2.51. The van der Waals surface area contributed by atoms with Crippen molar-refractivity contribution >= 4 is 34.4 Å². The molecule has 0 atom stereocenters. The lowest BCUT2D eigenvalue weighted by atomic mass is 10.1. The highest BCUT2D eigenvalue weighted by Crippen LogP contribution is 2.25. The van der Waals surface area contributed by atoms with Gasteiger partial charge in [-0.3, -0.25) is 14.5 Å². The second kappa shape index (κ2) is 9.79. The van der Waals surface area contributed by atoms with Crippen molar-refractivity contribution in [2.45, 2.75) is 6.42 Å². The van der Waals surface area contributed by atoms with Crippen molar-refractivity contribution in [1.82, 2.24) is 14.9 Å². The standard InChI is InChI=1S/C28H20N4O5/c29-15-21(25-30-22-8-4-5-9-23(22)31-25)24(33)16-37-28(36)18-10-11-19-20(14-18)27(35)32(26(19)34)13-12-17-6-2-1-3-7-17/h1-11,14,33H,12-13,16H2,(H,30,31)/b24-21+. The number of aromatic nitrogens is 2.